The van der Waals surface area contributed by atoms with Crippen molar-refractivity contribution >= 4 is 0 Å². The lowest BCUT2D eigenvalue weighted by Crippen LogP contribution is -2.47. The topological polar surface area (TPSA) is 50.7 Å². The average molecular weight is 217 g/mol. The fourth-order valence-electron chi connectivity index (χ4n) is 1.89. The van der Waals surface area contributed by atoms with Crippen molar-refractivity contribution in [3.63, 3.8) is 0 Å². The SMILES string of the molecule is COCCNCC(C)(O)C1CCCOC1. The molecule has 0 saturated carbocycles. The van der Waals surface area contributed by atoms with Crippen molar-refractivity contribution < 1.29 is 14.6 Å². The Kier molecular flexibility index (Phi) is 5.53. The zero-order valence-corrected chi connectivity index (χ0v) is 9.79. The molecule has 2 N–H and O–H groups in total. The summed E-state index contributed by atoms with van der Waals surface area (Å²) in [5, 5.41) is 13.4. The highest BCUT2D eigenvalue weighted by Gasteiger charge is 2.32. The third kappa shape index (κ3) is 4.47. The van der Waals surface area contributed by atoms with Gasteiger partial charge in [0.25, 0.3) is 0 Å². The summed E-state index contributed by atoms with van der Waals surface area (Å²) < 4.78 is 10.3. The van der Waals surface area contributed by atoms with Gasteiger partial charge in [-0.1, -0.05) is 0 Å². The van der Waals surface area contributed by atoms with E-state index < -0.39 is 5.60 Å². The Morgan fingerprint density at radius 2 is 2.40 bits per heavy atom. The van der Waals surface area contributed by atoms with Crippen LogP contribution in [0.25, 0.3) is 0 Å². The third-order valence-electron chi connectivity index (χ3n) is 3.01. The van der Waals surface area contributed by atoms with E-state index in [1.807, 2.05) is 6.92 Å². The molecule has 0 aromatic carbocycles. The maximum Gasteiger partial charge on any atom is 0.0793 e. The van der Waals surface area contributed by atoms with Crippen molar-refractivity contribution in [2.45, 2.75) is 25.4 Å². The monoisotopic (exact) mass is 217 g/mol. The highest BCUT2D eigenvalue weighted by Crippen LogP contribution is 2.25. The summed E-state index contributed by atoms with van der Waals surface area (Å²) in [5.41, 5.74) is -0.672. The van der Waals surface area contributed by atoms with E-state index in [0.717, 1.165) is 26.0 Å². The molecule has 15 heavy (non-hydrogen) atoms. The van der Waals surface area contributed by atoms with Gasteiger partial charge in [-0.05, 0) is 19.8 Å². The third-order valence-corrected chi connectivity index (χ3v) is 3.01. The first-order chi connectivity index (χ1) is 7.17. The number of aliphatic hydroxyl groups is 1. The van der Waals surface area contributed by atoms with Crippen LogP contribution in [0.2, 0.25) is 0 Å². The number of ether oxygens (including phenoxy) is 2. The van der Waals surface area contributed by atoms with Gasteiger partial charge in [0.15, 0.2) is 0 Å². The summed E-state index contributed by atoms with van der Waals surface area (Å²) in [6.45, 7) is 5.46. The molecule has 0 radical (unpaired) electrons. The molecule has 1 aliphatic heterocycles. The summed E-state index contributed by atoms with van der Waals surface area (Å²) in [4.78, 5) is 0. The lowest BCUT2D eigenvalue weighted by molar-refractivity contribution is -0.0666. The molecule has 2 unspecified atom stereocenters. The summed E-state index contributed by atoms with van der Waals surface area (Å²) >= 11 is 0. The molecule has 2 atom stereocenters. The number of methoxy groups -OCH3 is 1. The van der Waals surface area contributed by atoms with E-state index in [-0.39, 0.29) is 5.92 Å². The molecule has 0 aliphatic carbocycles. The molecular weight excluding hydrogens is 194 g/mol. The fraction of sp³-hybridized carbons (Fsp3) is 1.00. The molecule has 1 fully saturated rings. The van der Waals surface area contributed by atoms with Gasteiger partial charge in [-0.25, -0.2) is 0 Å². The number of hydrogen-bond acceptors (Lipinski definition) is 4. The van der Waals surface area contributed by atoms with Crippen molar-refractivity contribution in [2.75, 3.05) is 40.0 Å². The van der Waals surface area contributed by atoms with Gasteiger partial charge in [0.05, 0.1) is 18.8 Å². The molecule has 0 aromatic heterocycles. The normalized spacial score (nSPS) is 26.2. The van der Waals surface area contributed by atoms with Crippen molar-refractivity contribution in [2.24, 2.45) is 5.92 Å². The predicted octanol–water partition coefficient (Wildman–Crippen LogP) is 0.400. The second-order valence-corrected chi connectivity index (χ2v) is 4.44. The van der Waals surface area contributed by atoms with Gasteiger partial charge in [0, 0.05) is 32.7 Å². The zero-order chi connectivity index (χ0) is 11.1. The van der Waals surface area contributed by atoms with Gasteiger partial charge in [0.2, 0.25) is 0 Å². The van der Waals surface area contributed by atoms with E-state index in [1.54, 1.807) is 7.11 Å². The minimum Gasteiger partial charge on any atom is -0.388 e. The van der Waals surface area contributed by atoms with Crippen molar-refractivity contribution in [3.8, 4) is 0 Å². The van der Waals surface area contributed by atoms with Crippen LogP contribution in [-0.2, 0) is 9.47 Å². The minimum absolute atomic E-state index is 0.251. The molecule has 4 heteroatoms. The van der Waals surface area contributed by atoms with E-state index in [0.29, 0.717) is 19.8 Å². The van der Waals surface area contributed by atoms with Crippen LogP contribution in [0, 0.1) is 5.92 Å². The van der Waals surface area contributed by atoms with Gasteiger partial charge < -0.3 is 19.9 Å². The second-order valence-electron chi connectivity index (χ2n) is 4.44. The van der Waals surface area contributed by atoms with E-state index in [1.165, 1.54) is 0 Å². The Balaban J connectivity index is 2.23. The van der Waals surface area contributed by atoms with E-state index in [4.69, 9.17) is 9.47 Å². The Morgan fingerprint density at radius 3 is 3.00 bits per heavy atom. The lowest BCUT2D eigenvalue weighted by Gasteiger charge is -2.35. The molecule has 4 nitrogen and oxygen atoms in total. The summed E-state index contributed by atoms with van der Waals surface area (Å²) in [5.74, 6) is 0.251. The van der Waals surface area contributed by atoms with E-state index >= 15 is 0 Å². The Labute approximate surface area is 92.0 Å². The molecule has 0 bridgehead atoms. The van der Waals surface area contributed by atoms with Crippen LogP contribution in [0.5, 0.6) is 0 Å². The van der Waals surface area contributed by atoms with Crippen LogP contribution in [0.15, 0.2) is 0 Å². The molecule has 1 saturated heterocycles. The average Bonchev–Trinajstić information content (AvgIpc) is 2.26. The summed E-state index contributed by atoms with van der Waals surface area (Å²) in [7, 11) is 1.68. The molecular formula is C11H23NO3. The standard InChI is InChI=1S/C11H23NO3/c1-11(13,9-12-5-7-14-2)10-4-3-6-15-8-10/h10,12-13H,3-9H2,1-2H3. The van der Waals surface area contributed by atoms with E-state index in [9.17, 15) is 5.11 Å². The van der Waals surface area contributed by atoms with Crippen LogP contribution < -0.4 is 5.32 Å². The maximum atomic E-state index is 10.3. The minimum atomic E-state index is -0.672. The molecule has 1 heterocycles. The van der Waals surface area contributed by atoms with E-state index in [2.05, 4.69) is 5.32 Å². The van der Waals surface area contributed by atoms with Crippen LogP contribution in [0.3, 0.4) is 0 Å². The lowest BCUT2D eigenvalue weighted by atomic mass is 9.85. The Morgan fingerprint density at radius 1 is 1.60 bits per heavy atom. The first-order valence-corrected chi connectivity index (χ1v) is 5.66. The molecule has 90 valence electrons. The second kappa shape index (κ2) is 6.43. The molecule has 1 rings (SSSR count). The predicted molar refractivity (Wildman–Crippen MR) is 58.9 cm³/mol. The largest absolute Gasteiger partial charge is 0.388 e. The number of nitrogens with one attached hydrogen (secondary N) is 1. The molecule has 1 aliphatic rings. The summed E-state index contributed by atoms with van der Waals surface area (Å²) in [6.07, 6.45) is 2.11. The Hall–Kier alpha value is -0.160. The van der Waals surface area contributed by atoms with Gasteiger partial charge in [-0.3, -0.25) is 0 Å². The molecule has 0 aromatic rings. The van der Waals surface area contributed by atoms with Crippen LogP contribution >= 0.6 is 0 Å². The van der Waals surface area contributed by atoms with Crippen molar-refractivity contribution in [1.29, 1.82) is 0 Å². The van der Waals surface area contributed by atoms with Crippen LogP contribution in [-0.4, -0.2) is 50.7 Å². The van der Waals surface area contributed by atoms with Gasteiger partial charge in [-0.15, -0.1) is 0 Å². The number of hydrogen-bond donors (Lipinski definition) is 2. The first kappa shape index (κ1) is 12.9. The zero-order valence-electron chi connectivity index (χ0n) is 9.79. The van der Waals surface area contributed by atoms with Crippen molar-refractivity contribution in [3.05, 3.63) is 0 Å². The van der Waals surface area contributed by atoms with Gasteiger partial charge >= 0.3 is 0 Å². The quantitative estimate of drug-likeness (QED) is 0.632. The summed E-state index contributed by atoms with van der Waals surface area (Å²) in [6, 6.07) is 0. The maximum absolute atomic E-state index is 10.3. The highest BCUT2D eigenvalue weighted by atomic mass is 16.5. The van der Waals surface area contributed by atoms with Gasteiger partial charge in [0.1, 0.15) is 0 Å². The van der Waals surface area contributed by atoms with Crippen LogP contribution in [0.1, 0.15) is 19.8 Å². The Bertz CT molecular complexity index is 167. The molecule has 0 amide bonds. The fourth-order valence-corrected chi connectivity index (χ4v) is 1.89. The van der Waals surface area contributed by atoms with Crippen molar-refractivity contribution in [1.82, 2.24) is 5.32 Å². The number of rotatable bonds is 6. The first-order valence-electron chi connectivity index (χ1n) is 5.66. The van der Waals surface area contributed by atoms with Gasteiger partial charge in [-0.2, -0.15) is 0 Å². The highest BCUT2D eigenvalue weighted by molar-refractivity contribution is 4.85. The smallest absolute Gasteiger partial charge is 0.0793 e. The molecule has 0 spiro atoms. The van der Waals surface area contributed by atoms with Crippen LogP contribution in [0.4, 0.5) is 0 Å².